The highest BCUT2D eigenvalue weighted by molar-refractivity contribution is 5.70. The van der Waals surface area contributed by atoms with Gasteiger partial charge in [-0.2, -0.15) is 0 Å². The maximum atomic E-state index is 12.5. The van der Waals surface area contributed by atoms with E-state index in [-0.39, 0.29) is 42.5 Å². The molecule has 0 aromatic carbocycles. The van der Waals surface area contributed by atoms with Crippen LogP contribution in [0, 0.1) is 23.7 Å². The number of carbonyl (C=O) groups excluding carboxylic acids is 1. The van der Waals surface area contributed by atoms with Crippen molar-refractivity contribution in [3.63, 3.8) is 0 Å². The van der Waals surface area contributed by atoms with Crippen LogP contribution in [0.5, 0.6) is 0 Å². The van der Waals surface area contributed by atoms with Crippen molar-refractivity contribution in [3.8, 4) is 0 Å². The second-order valence-electron chi connectivity index (χ2n) is 11.2. The van der Waals surface area contributed by atoms with E-state index in [0.29, 0.717) is 18.8 Å². The number of ether oxygens (including phenoxy) is 2. The van der Waals surface area contributed by atoms with E-state index in [1.165, 1.54) is 0 Å². The average molecular weight is 493 g/mol. The summed E-state index contributed by atoms with van der Waals surface area (Å²) >= 11 is 0. The lowest BCUT2D eigenvalue weighted by molar-refractivity contribution is -0.151. The van der Waals surface area contributed by atoms with Crippen molar-refractivity contribution < 1.29 is 29.6 Å². The maximum Gasteiger partial charge on any atom is 0.309 e. The molecular formula is C29H48O6. The van der Waals surface area contributed by atoms with E-state index in [0.717, 1.165) is 18.4 Å². The predicted molar refractivity (Wildman–Crippen MR) is 139 cm³/mol. The molecule has 1 unspecified atom stereocenters. The van der Waals surface area contributed by atoms with E-state index < -0.39 is 23.8 Å². The van der Waals surface area contributed by atoms with Crippen LogP contribution in [0.1, 0.15) is 80.6 Å². The lowest BCUT2D eigenvalue weighted by atomic mass is 9.84. The molecule has 0 saturated carbocycles. The van der Waals surface area contributed by atoms with Crippen molar-refractivity contribution in [2.75, 3.05) is 0 Å². The van der Waals surface area contributed by atoms with Gasteiger partial charge in [-0.05, 0) is 51.0 Å². The fraction of sp³-hybridized carbons (Fsp3) is 0.759. The molecule has 6 heteroatoms. The smallest absolute Gasteiger partial charge is 0.309 e. The highest BCUT2D eigenvalue weighted by atomic mass is 16.6. The third kappa shape index (κ3) is 9.16. The summed E-state index contributed by atoms with van der Waals surface area (Å²) in [7, 11) is 0. The van der Waals surface area contributed by atoms with Gasteiger partial charge in [-0.1, -0.05) is 65.0 Å². The molecular weight excluding hydrogens is 444 g/mol. The number of hydrogen-bond acceptors (Lipinski definition) is 6. The van der Waals surface area contributed by atoms with Gasteiger partial charge in [0.25, 0.3) is 0 Å². The highest BCUT2D eigenvalue weighted by Crippen LogP contribution is 2.36. The third-order valence-electron chi connectivity index (χ3n) is 7.82. The van der Waals surface area contributed by atoms with Gasteiger partial charge in [-0.3, -0.25) is 4.79 Å². The first kappa shape index (κ1) is 29.8. The van der Waals surface area contributed by atoms with Crippen LogP contribution in [0.2, 0.25) is 0 Å². The minimum absolute atomic E-state index is 0.0781. The van der Waals surface area contributed by atoms with Crippen molar-refractivity contribution in [1.82, 2.24) is 0 Å². The van der Waals surface area contributed by atoms with Crippen LogP contribution in [0.4, 0.5) is 0 Å². The molecule has 1 fully saturated rings. The van der Waals surface area contributed by atoms with Crippen LogP contribution >= 0.6 is 0 Å². The molecule has 0 radical (unpaired) electrons. The summed E-state index contributed by atoms with van der Waals surface area (Å²) in [6.45, 7) is 13.9. The number of allylic oxidation sites excluding steroid dienone is 3. The van der Waals surface area contributed by atoms with E-state index in [1.54, 1.807) is 6.92 Å². The largest absolute Gasteiger partial charge is 0.457 e. The van der Waals surface area contributed by atoms with Crippen molar-refractivity contribution in [1.29, 1.82) is 0 Å². The number of aliphatic hydroxyl groups excluding tert-OH is 2. The molecule has 2 rings (SSSR count). The zero-order valence-corrected chi connectivity index (χ0v) is 22.7. The lowest BCUT2D eigenvalue weighted by Crippen LogP contribution is -2.34. The molecule has 0 aromatic rings. The molecule has 0 amide bonds. The van der Waals surface area contributed by atoms with E-state index in [9.17, 15) is 20.1 Å². The Morgan fingerprint density at radius 3 is 2.63 bits per heavy atom. The Kier molecular flexibility index (Phi) is 11.2. The Hall–Kier alpha value is -1.47. The van der Waals surface area contributed by atoms with Crippen LogP contribution in [-0.4, -0.2) is 57.4 Å². The van der Waals surface area contributed by atoms with Gasteiger partial charge in [-0.15, -0.1) is 0 Å². The van der Waals surface area contributed by atoms with Gasteiger partial charge in [0.15, 0.2) is 0 Å². The van der Waals surface area contributed by atoms with Crippen molar-refractivity contribution >= 4 is 5.97 Å². The van der Waals surface area contributed by atoms with Crippen LogP contribution in [0.25, 0.3) is 0 Å². The van der Waals surface area contributed by atoms with Gasteiger partial charge in [0, 0.05) is 17.8 Å². The average Bonchev–Trinajstić information content (AvgIpc) is 3.56. The number of epoxide rings is 1. The molecule has 10 atom stereocenters. The van der Waals surface area contributed by atoms with Gasteiger partial charge >= 0.3 is 5.97 Å². The van der Waals surface area contributed by atoms with Gasteiger partial charge < -0.3 is 24.8 Å². The number of aliphatic hydroxyl groups is 3. The molecule has 1 saturated heterocycles. The Labute approximate surface area is 212 Å². The summed E-state index contributed by atoms with van der Waals surface area (Å²) in [5.41, 5.74) is -0.0267. The van der Waals surface area contributed by atoms with Crippen LogP contribution in [-0.2, 0) is 14.3 Å². The van der Waals surface area contributed by atoms with Gasteiger partial charge in [0.1, 0.15) is 6.10 Å². The van der Waals surface area contributed by atoms with E-state index in [2.05, 4.69) is 13.0 Å². The monoisotopic (exact) mass is 492 g/mol. The van der Waals surface area contributed by atoms with Crippen molar-refractivity contribution in [2.24, 2.45) is 23.7 Å². The van der Waals surface area contributed by atoms with Crippen LogP contribution in [0.3, 0.4) is 0 Å². The van der Waals surface area contributed by atoms with Crippen LogP contribution < -0.4 is 0 Å². The quantitative estimate of drug-likeness (QED) is 0.196. The topological polar surface area (TPSA) is 99.5 Å². The zero-order valence-electron chi connectivity index (χ0n) is 22.7. The normalized spacial score (nSPS) is 38.7. The van der Waals surface area contributed by atoms with E-state index in [1.807, 2.05) is 58.9 Å². The van der Waals surface area contributed by atoms with Gasteiger partial charge in [-0.25, -0.2) is 0 Å². The molecule has 35 heavy (non-hydrogen) atoms. The van der Waals surface area contributed by atoms with Gasteiger partial charge in [0.05, 0.1) is 36.4 Å². The van der Waals surface area contributed by atoms with Crippen molar-refractivity contribution in [3.05, 3.63) is 36.0 Å². The van der Waals surface area contributed by atoms with E-state index >= 15 is 0 Å². The summed E-state index contributed by atoms with van der Waals surface area (Å²) in [5.74, 6) is -0.134. The number of cyclic esters (lactones) is 1. The summed E-state index contributed by atoms with van der Waals surface area (Å²) in [4.78, 5) is 12.5. The Bertz CT molecular complexity index is 769. The minimum Gasteiger partial charge on any atom is -0.457 e. The third-order valence-corrected chi connectivity index (χ3v) is 7.82. The Morgan fingerprint density at radius 1 is 1.29 bits per heavy atom. The first-order valence-electron chi connectivity index (χ1n) is 13.3. The molecule has 6 nitrogen and oxygen atoms in total. The number of rotatable bonds is 8. The summed E-state index contributed by atoms with van der Waals surface area (Å²) in [5, 5.41) is 31.1. The molecule has 2 aliphatic heterocycles. The summed E-state index contributed by atoms with van der Waals surface area (Å²) < 4.78 is 11.6. The van der Waals surface area contributed by atoms with Crippen molar-refractivity contribution in [2.45, 2.75) is 117 Å². The fourth-order valence-corrected chi connectivity index (χ4v) is 4.77. The molecule has 3 N–H and O–H groups in total. The predicted octanol–water partition coefficient (Wildman–Crippen LogP) is 4.73. The zero-order chi connectivity index (χ0) is 26.3. The molecule has 0 aromatic heterocycles. The van der Waals surface area contributed by atoms with E-state index in [4.69, 9.17) is 9.47 Å². The first-order chi connectivity index (χ1) is 16.4. The summed E-state index contributed by atoms with van der Waals surface area (Å²) in [6, 6.07) is 0. The van der Waals surface area contributed by atoms with Crippen LogP contribution in [0.15, 0.2) is 36.0 Å². The summed E-state index contributed by atoms with van der Waals surface area (Å²) in [6.07, 6.45) is 11.2. The molecule has 0 aliphatic carbocycles. The molecule has 0 spiro atoms. The lowest BCUT2D eigenvalue weighted by Gasteiger charge is -2.31. The molecule has 0 bridgehead atoms. The Balaban J connectivity index is 2.04. The maximum absolute atomic E-state index is 12.5. The second kappa shape index (κ2) is 13.2. The molecule has 2 aliphatic rings. The highest BCUT2D eigenvalue weighted by Gasteiger charge is 2.44. The van der Waals surface area contributed by atoms with Gasteiger partial charge in [0.2, 0.25) is 0 Å². The number of carbonyl (C=O) groups is 1. The molecule has 200 valence electrons. The number of hydrogen-bond donors (Lipinski definition) is 3. The standard InChI is InChI=1S/C29H48O6/c1-8-24(31)22(6)28-25(34-28)16-18(2)10-9-11-19(3)27-20(4)12-13-21(5)29(7,33)15-14-23(30)17-26(32)35-27/h9-13,18,20-25,27-28,30-31,33H,8,14-17H2,1-7H3/b10-9+,13-12+,19-11+/t18-,20+,21?,22-,23-,24+,25-,27-,28-,29-/m1/s1. The molecule has 2 heterocycles. The second-order valence-corrected chi connectivity index (χ2v) is 11.2. The first-order valence-corrected chi connectivity index (χ1v) is 13.3. The number of esters is 1. The SMILES string of the molecule is CC[C@H](O)[C@@H](C)[C@H]1O[C@@H]1C[C@H](C)/C=C/C=C(\C)[C@H]1OC(=O)C[C@H](O)CC[C@@](C)(O)C(C)/C=C/[C@@H]1C. The Morgan fingerprint density at radius 2 is 1.97 bits per heavy atom. The fourth-order valence-electron chi connectivity index (χ4n) is 4.77. The minimum atomic E-state index is -0.948.